The van der Waals surface area contributed by atoms with Gasteiger partial charge in [0.2, 0.25) is 0 Å². The molecule has 0 aromatic rings. The van der Waals surface area contributed by atoms with Crippen molar-refractivity contribution in [1.82, 2.24) is 4.90 Å². The normalized spacial score (nSPS) is 28.5. The molecule has 2 atom stereocenters. The molecule has 0 saturated carbocycles. The third-order valence-corrected chi connectivity index (χ3v) is 2.49. The summed E-state index contributed by atoms with van der Waals surface area (Å²) in [6.45, 7) is 3.65. The van der Waals surface area contributed by atoms with Crippen LogP contribution < -0.4 is 0 Å². The van der Waals surface area contributed by atoms with Gasteiger partial charge < -0.3 is 9.84 Å². The lowest BCUT2D eigenvalue weighted by Crippen LogP contribution is -2.32. The van der Waals surface area contributed by atoms with E-state index in [1.807, 2.05) is 6.92 Å². The highest BCUT2D eigenvalue weighted by atomic mass is 16.5. The summed E-state index contributed by atoms with van der Waals surface area (Å²) in [4.78, 5) is 2.17. The molecule has 3 heteroatoms. The van der Waals surface area contributed by atoms with Gasteiger partial charge >= 0.3 is 0 Å². The second-order valence-corrected chi connectivity index (χ2v) is 3.29. The van der Waals surface area contributed by atoms with Gasteiger partial charge in [-0.2, -0.15) is 0 Å². The number of ether oxygens (including phenoxy) is 1. The van der Waals surface area contributed by atoms with Gasteiger partial charge in [0.15, 0.2) is 0 Å². The lowest BCUT2D eigenvalue weighted by atomic mass is 10.2. The van der Waals surface area contributed by atoms with Crippen molar-refractivity contribution in [3.63, 3.8) is 0 Å². The van der Waals surface area contributed by atoms with Crippen molar-refractivity contribution in [3.8, 4) is 11.8 Å². The predicted molar refractivity (Wildman–Crippen MR) is 51.3 cm³/mol. The molecule has 0 bridgehead atoms. The predicted octanol–water partition coefficient (Wildman–Crippen LogP) is 0.0913. The topological polar surface area (TPSA) is 32.7 Å². The summed E-state index contributed by atoms with van der Waals surface area (Å²) < 4.78 is 5.25. The third-order valence-electron chi connectivity index (χ3n) is 2.49. The molecule has 2 unspecified atom stereocenters. The molecule has 3 nitrogen and oxygen atoms in total. The van der Waals surface area contributed by atoms with Gasteiger partial charge in [0.25, 0.3) is 0 Å². The van der Waals surface area contributed by atoms with E-state index in [0.29, 0.717) is 0 Å². The standard InChI is InChI=1S/C10H17NO2/c1-3-4-5-11-7-10(13-2)6-9(11)8-12/h9-10,12H,5-8H2,1-2H3. The molecule has 0 amide bonds. The zero-order valence-electron chi connectivity index (χ0n) is 8.29. The number of aliphatic hydroxyl groups excluding tert-OH is 1. The maximum atomic E-state index is 9.10. The fourth-order valence-electron chi connectivity index (χ4n) is 1.67. The van der Waals surface area contributed by atoms with E-state index >= 15 is 0 Å². The van der Waals surface area contributed by atoms with Crippen LogP contribution in [-0.2, 0) is 4.74 Å². The quantitative estimate of drug-likeness (QED) is 0.629. The van der Waals surface area contributed by atoms with E-state index in [4.69, 9.17) is 9.84 Å². The van der Waals surface area contributed by atoms with Gasteiger partial charge in [0.1, 0.15) is 0 Å². The molecule has 1 fully saturated rings. The number of aliphatic hydroxyl groups is 1. The summed E-state index contributed by atoms with van der Waals surface area (Å²) in [5.41, 5.74) is 0. The molecule has 1 aliphatic heterocycles. The number of likely N-dealkylation sites (tertiary alicyclic amines) is 1. The van der Waals surface area contributed by atoms with Crippen molar-refractivity contribution in [2.24, 2.45) is 0 Å². The molecule has 1 aliphatic rings. The van der Waals surface area contributed by atoms with Crippen molar-refractivity contribution >= 4 is 0 Å². The highest BCUT2D eigenvalue weighted by Gasteiger charge is 2.30. The van der Waals surface area contributed by atoms with Crippen molar-refractivity contribution in [3.05, 3.63) is 0 Å². The number of rotatable bonds is 3. The van der Waals surface area contributed by atoms with Crippen LogP contribution in [0.2, 0.25) is 0 Å². The summed E-state index contributed by atoms with van der Waals surface area (Å²) >= 11 is 0. The van der Waals surface area contributed by atoms with E-state index in [1.54, 1.807) is 7.11 Å². The first-order chi connectivity index (χ1) is 6.31. The van der Waals surface area contributed by atoms with Crippen molar-refractivity contribution < 1.29 is 9.84 Å². The molecule has 1 rings (SSSR count). The largest absolute Gasteiger partial charge is 0.395 e. The number of nitrogens with zero attached hydrogens (tertiary/aromatic N) is 1. The molecule has 0 radical (unpaired) electrons. The smallest absolute Gasteiger partial charge is 0.0714 e. The lowest BCUT2D eigenvalue weighted by molar-refractivity contribution is 0.110. The van der Waals surface area contributed by atoms with E-state index in [1.165, 1.54) is 0 Å². The number of hydrogen-bond acceptors (Lipinski definition) is 3. The van der Waals surface area contributed by atoms with E-state index in [0.717, 1.165) is 19.5 Å². The molecule has 74 valence electrons. The van der Waals surface area contributed by atoms with Gasteiger partial charge in [-0.3, -0.25) is 4.90 Å². The van der Waals surface area contributed by atoms with Crippen LogP contribution in [0.5, 0.6) is 0 Å². The second kappa shape index (κ2) is 5.23. The fraction of sp³-hybridized carbons (Fsp3) is 0.800. The van der Waals surface area contributed by atoms with Crippen molar-refractivity contribution in [2.75, 3.05) is 26.8 Å². The Morgan fingerprint density at radius 3 is 2.92 bits per heavy atom. The van der Waals surface area contributed by atoms with E-state index in [9.17, 15) is 0 Å². The SMILES string of the molecule is CC#CCN1CC(OC)CC1CO. The van der Waals surface area contributed by atoms with Gasteiger partial charge in [0.05, 0.1) is 19.3 Å². The molecule has 1 heterocycles. The zero-order valence-corrected chi connectivity index (χ0v) is 8.29. The molecular formula is C10H17NO2. The summed E-state index contributed by atoms with van der Waals surface area (Å²) in [5.74, 6) is 5.87. The van der Waals surface area contributed by atoms with Crippen LogP contribution in [0, 0.1) is 11.8 Å². The number of hydrogen-bond donors (Lipinski definition) is 1. The first kappa shape index (κ1) is 10.5. The van der Waals surface area contributed by atoms with Gasteiger partial charge in [-0.1, -0.05) is 5.92 Å². The Labute approximate surface area is 79.7 Å². The van der Waals surface area contributed by atoms with Gasteiger partial charge in [-0.05, 0) is 13.3 Å². The van der Waals surface area contributed by atoms with Crippen LogP contribution in [0.15, 0.2) is 0 Å². The Morgan fingerprint density at radius 1 is 1.62 bits per heavy atom. The molecule has 1 N–H and O–H groups in total. The first-order valence-corrected chi connectivity index (χ1v) is 4.59. The second-order valence-electron chi connectivity index (χ2n) is 3.29. The van der Waals surface area contributed by atoms with Crippen LogP contribution in [0.1, 0.15) is 13.3 Å². The van der Waals surface area contributed by atoms with Crippen LogP contribution in [0.25, 0.3) is 0 Å². The van der Waals surface area contributed by atoms with Crippen LogP contribution in [0.4, 0.5) is 0 Å². The Hall–Kier alpha value is -0.560. The molecule has 0 aromatic heterocycles. The molecular weight excluding hydrogens is 166 g/mol. The monoisotopic (exact) mass is 183 g/mol. The van der Waals surface area contributed by atoms with E-state index in [-0.39, 0.29) is 18.8 Å². The molecule has 13 heavy (non-hydrogen) atoms. The van der Waals surface area contributed by atoms with Crippen molar-refractivity contribution in [1.29, 1.82) is 0 Å². The lowest BCUT2D eigenvalue weighted by Gasteiger charge is -2.18. The van der Waals surface area contributed by atoms with Crippen molar-refractivity contribution in [2.45, 2.75) is 25.5 Å². The third kappa shape index (κ3) is 2.70. The van der Waals surface area contributed by atoms with Gasteiger partial charge in [0, 0.05) is 19.7 Å². The Morgan fingerprint density at radius 2 is 2.38 bits per heavy atom. The Balaban J connectivity index is 2.45. The highest BCUT2D eigenvalue weighted by molar-refractivity contribution is 5.01. The summed E-state index contributed by atoms with van der Waals surface area (Å²) in [5, 5.41) is 9.10. The first-order valence-electron chi connectivity index (χ1n) is 4.59. The minimum atomic E-state index is 0.200. The fourth-order valence-corrected chi connectivity index (χ4v) is 1.67. The molecule has 0 aliphatic carbocycles. The Kier molecular flexibility index (Phi) is 4.23. The molecule has 0 spiro atoms. The highest BCUT2D eigenvalue weighted by Crippen LogP contribution is 2.18. The molecule has 0 aromatic carbocycles. The van der Waals surface area contributed by atoms with E-state index in [2.05, 4.69) is 16.7 Å². The van der Waals surface area contributed by atoms with E-state index < -0.39 is 0 Å². The summed E-state index contributed by atoms with van der Waals surface area (Å²) in [6.07, 6.45) is 1.18. The summed E-state index contributed by atoms with van der Waals surface area (Å²) in [7, 11) is 1.72. The van der Waals surface area contributed by atoms with Crippen LogP contribution >= 0.6 is 0 Å². The van der Waals surface area contributed by atoms with Crippen LogP contribution in [0.3, 0.4) is 0 Å². The summed E-state index contributed by atoms with van der Waals surface area (Å²) in [6, 6.07) is 0.228. The maximum Gasteiger partial charge on any atom is 0.0714 e. The zero-order chi connectivity index (χ0) is 9.68. The molecule has 1 saturated heterocycles. The maximum absolute atomic E-state index is 9.10. The average molecular weight is 183 g/mol. The minimum absolute atomic E-state index is 0.200. The van der Waals surface area contributed by atoms with Gasteiger partial charge in [-0.15, -0.1) is 5.92 Å². The van der Waals surface area contributed by atoms with Gasteiger partial charge in [-0.25, -0.2) is 0 Å². The Bertz CT molecular complexity index is 207. The average Bonchev–Trinajstić information content (AvgIpc) is 2.57. The minimum Gasteiger partial charge on any atom is -0.395 e. The number of methoxy groups -OCH3 is 1. The van der Waals surface area contributed by atoms with Crippen LogP contribution in [-0.4, -0.2) is 49.0 Å².